The van der Waals surface area contributed by atoms with Gasteiger partial charge in [-0.15, -0.1) is 11.3 Å². The Bertz CT molecular complexity index is 1060. The molecule has 0 saturated carbocycles. The number of carbonyl (C=O) groups is 3. The van der Waals surface area contributed by atoms with Crippen molar-refractivity contribution in [3.63, 3.8) is 0 Å². The van der Waals surface area contributed by atoms with Crippen molar-refractivity contribution in [2.24, 2.45) is 5.41 Å². The van der Waals surface area contributed by atoms with Crippen LogP contribution in [-0.2, 0) is 20.9 Å². The third-order valence-corrected chi connectivity index (χ3v) is 7.45. The summed E-state index contributed by atoms with van der Waals surface area (Å²) >= 11 is 1.59. The summed E-state index contributed by atoms with van der Waals surface area (Å²) in [6, 6.07) is 6.36. The standard InChI is InChI=1S/C27H38N4O4S/c1-6-7-8-22(33)30-24(27(3,4)5)26(35)31-15-20(32)13-21(31)25(34)28-14-18-9-11-19(12-10-18)23-17(2)29-16-36-23/h9-12,16,20-21,24,32H,6-8,13-15H2,1-5H3,(H,28,34)(H,30,33)/t20-,21+,24-/m1/s1. The van der Waals surface area contributed by atoms with Crippen LogP contribution in [0.2, 0.25) is 0 Å². The van der Waals surface area contributed by atoms with Gasteiger partial charge in [-0.25, -0.2) is 4.98 Å². The molecule has 0 aliphatic carbocycles. The number of aliphatic hydroxyl groups is 1. The Kier molecular flexibility index (Phi) is 9.24. The fraction of sp³-hybridized carbons (Fsp3) is 0.556. The van der Waals surface area contributed by atoms with Gasteiger partial charge in [-0.1, -0.05) is 58.4 Å². The second kappa shape index (κ2) is 12.0. The molecular formula is C27H38N4O4S. The van der Waals surface area contributed by atoms with E-state index in [9.17, 15) is 19.5 Å². The van der Waals surface area contributed by atoms with Crippen LogP contribution in [0, 0.1) is 12.3 Å². The first kappa shape index (κ1) is 27.8. The molecule has 1 saturated heterocycles. The zero-order valence-electron chi connectivity index (χ0n) is 21.8. The second-order valence-corrected chi connectivity index (χ2v) is 11.4. The fourth-order valence-corrected chi connectivity index (χ4v) is 5.16. The van der Waals surface area contributed by atoms with Crippen LogP contribution in [0.25, 0.3) is 10.4 Å². The third-order valence-electron chi connectivity index (χ3n) is 6.47. The minimum absolute atomic E-state index is 0.0667. The number of nitrogens with zero attached hydrogens (tertiary/aromatic N) is 2. The first-order valence-corrected chi connectivity index (χ1v) is 13.4. The van der Waals surface area contributed by atoms with Crippen LogP contribution in [0.3, 0.4) is 0 Å². The number of carbonyl (C=O) groups excluding carboxylic acids is 3. The van der Waals surface area contributed by atoms with Gasteiger partial charge in [0.1, 0.15) is 12.1 Å². The Morgan fingerprint density at radius 2 is 1.92 bits per heavy atom. The summed E-state index contributed by atoms with van der Waals surface area (Å²) < 4.78 is 0. The summed E-state index contributed by atoms with van der Waals surface area (Å²) in [6.45, 7) is 10.0. The van der Waals surface area contributed by atoms with Crippen LogP contribution in [0.1, 0.15) is 64.6 Å². The minimum Gasteiger partial charge on any atom is -0.391 e. The Balaban J connectivity index is 1.66. The molecule has 36 heavy (non-hydrogen) atoms. The molecule has 0 radical (unpaired) electrons. The van der Waals surface area contributed by atoms with Gasteiger partial charge in [-0.3, -0.25) is 14.4 Å². The molecule has 0 bridgehead atoms. The zero-order chi connectivity index (χ0) is 26.5. The maximum Gasteiger partial charge on any atom is 0.246 e. The topological polar surface area (TPSA) is 112 Å². The number of hydrogen-bond donors (Lipinski definition) is 3. The van der Waals surface area contributed by atoms with E-state index in [1.807, 2.05) is 64.4 Å². The smallest absolute Gasteiger partial charge is 0.246 e. The van der Waals surface area contributed by atoms with Gasteiger partial charge in [0.15, 0.2) is 0 Å². The van der Waals surface area contributed by atoms with Gasteiger partial charge in [0.05, 0.1) is 22.2 Å². The van der Waals surface area contributed by atoms with Gasteiger partial charge in [0.2, 0.25) is 17.7 Å². The number of benzene rings is 1. The maximum absolute atomic E-state index is 13.5. The molecule has 2 heterocycles. The van der Waals surface area contributed by atoms with Gasteiger partial charge >= 0.3 is 0 Å². The molecule has 3 atom stereocenters. The minimum atomic E-state index is -0.789. The lowest BCUT2D eigenvalue weighted by atomic mass is 9.85. The third kappa shape index (κ3) is 6.91. The number of likely N-dealkylation sites (tertiary alicyclic amines) is 1. The lowest BCUT2D eigenvalue weighted by Crippen LogP contribution is -2.57. The van der Waals surface area contributed by atoms with Crippen LogP contribution in [0.5, 0.6) is 0 Å². The van der Waals surface area contributed by atoms with Crippen LogP contribution >= 0.6 is 11.3 Å². The van der Waals surface area contributed by atoms with Crippen LogP contribution in [-0.4, -0.2) is 57.4 Å². The summed E-state index contributed by atoms with van der Waals surface area (Å²) in [5.41, 5.74) is 4.27. The van der Waals surface area contributed by atoms with Crippen molar-refractivity contribution in [3.05, 3.63) is 41.0 Å². The van der Waals surface area contributed by atoms with Crippen LogP contribution < -0.4 is 10.6 Å². The number of aryl methyl sites for hydroxylation is 1. The Labute approximate surface area is 217 Å². The molecular weight excluding hydrogens is 476 g/mol. The van der Waals surface area contributed by atoms with Gasteiger partial charge < -0.3 is 20.6 Å². The molecule has 1 aromatic heterocycles. The summed E-state index contributed by atoms with van der Waals surface area (Å²) in [4.78, 5) is 45.9. The van der Waals surface area contributed by atoms with E-state index in [4.69, 9.17) is 0 Å². The first-order valence-electron chi connectivity index (χ1n) is 12.6. The highest BCUT2D eigenvalue weighted by Gasteiger charge is 2.44. The normalized spacial score (nSPS) is 18.7. The number of rotatable bonds is 9. The number of nitrogens with one attached hydrogen (secondary N) is 2. The van der Waals surface area contributed by atoms with Gasteiger partial charge in [-0.2, -0.15) is 0 Å². The molecule has 8 nitrogen and oxygen atoms in total. The van der Waals surface area contributed by atoms with Crippen LogP contribution in [0.15, 0.2) is 29.8 Å². The molecule has 1 aliphatic heterocycles. The number of amides is 3. The van der Waals surface area contributed by atoms with Crippen molar-refractivity contribution in [2.45, 2.75) is 85.0 Å². The summed E-state index contributed by atoms with van der Waals surface area (Å²) in [5.74, 6) is -0.830. The zero-order valence-corrected chi connectivity index (χ0v) is 22.7. The highest BCUT2D eigenvalue weighted by Crippen LogP contribution is 2.28. The van der Waals surface area contributed by atoms with Crippen molar-refractivity contribution >= 4 is 29.1 Å². The van der Waals surface area contributed by atoms with E-state index in [1.165, 1.54) is 4.90 Å². The monoisotopic (exact) mass is 514 g/mol. The van der Waals surface area contributed by atoms with E-state index < -0.39 is 23.6 Å². The molecule has 1 fully saturated rings. The maximum atomic E-state index is 13.5. The predicted molar refractivity (Wildman–Crippen MR) is 141 cm³/mol. The molecule has 1 aromatic carbocycles. The van der Waals surface area contributed by atoms with Crippen molar-refractivity contribution in [2.75, 3.05) is 6.54 Å². The summed E-state index contributed by atoms with van der Waals surface area (Å²) in [6.07, 6.45) is 1.36. The van der Waals surface area contributed by atoms with E-state index in [0.29, 0.717) is 13.0 Å². The first-order chi connectivity index (χ1) is 17.0. The number of aliphatic hydroxyl groups excluding tert-OH is 1. The lowest BCUT2D eigenvalue weighted by molar-refractivity contribution is -0.144. The van der Waals surface area contributed by atoms with Crippen molar-refractivity contribution < 1.29 is 19.5 Å². The van der Waals surface area contributed by atoms with E-state index in [0.717, 1.165) is 34.5 Å². The second-order valence-electron chi connectivity index (χ2n) is 10.5. The number of hydrogen-bond acceptors (Lipinski definition) is 6. The molecule has 0 unspecified atom stereocenters. The molecule has 3 amide bonds. The van der Waals surface area contributed by atoms with Crippen molar-refractivity contribution in [1.82, 2.24) is 20.5 Å². The molecule has 3 rings (SSSR count). The van der Waals surface area contributed by atoms with E-state index in [-0.39, 0.29) is 30.7 Å². The Morgan fingerprint density at radius 1 is 1.22 bits per heavy atom. The average Bonchev–Trinajstić information content (AvgIpc) is 3.44. The van der Waals surface area contributed by atoms with Crippen molar-refractivity contribution in [1.29, 1.82) is 0 Å². The van der Waals surface area contributed by atoms with Crippen LogP contribution in [0.4, 0.5) is 0 Å². The fourth-order valence-electron chi connectivity index (χ4n) is 4.35. The molecule has 9 heteroatoms. The quantitative estimate of drug-likeness (QED) is 0.475. The van der Waals surface area contributed by atoms with Gasteiger partial charge in [0, 0.05) is 25.9 Å². The molecule has 1 aliphatic rings. The molecule has 196 valence electrons. The Morgan fingerprint density at radius 3 is 2.50 bits per heavy atom. The predicted octanol–water partition coefficient (Wildman–Crippen LogP) is 3.42. The Hall–Kier alpha value is -2.78. The van der Waals surface area contributed by atoms with E-state index >= 15 is 0 Å². The number of thiazole rings is 1. The molecule has 3 N–H and O–H groups in total. The van der Waals surface area contributed by atoms with Gasteiger partial charge in [-0.05, 0) is 29.9 Å². The van der Waals surface area contributed by atoms with Gasteiger partial charge in [0.25, 0.3) is 0 Å². The summed E-state index contributed by atoms with van der Waals surface area (Å²) in [7, 11) is 0. The van der Waals surface area contributed by atoms with E-state index in [1.54, 1.807) is 11.3 Å². The molecule has 0 spiro atoms. The van der Waals surface area contributed by atoms with Crippen molar-refractivity contribution in [3.8, 4) is 10.4 Å². The number of unbranched alkanes of at least 4 members (excludes halogenated alkanes) is 1. The summed E-state index contributed by atoms with van der Waals surface area (Å²) in [5, 5.41) is 16.1. The highest BCUT2D eigenvalue weighted by molar-refractivity contribution is 7.13. The average molecular weight is 515 g/mol. The lowest BCUT2D eigenvalue weighted by Gasteiger charge is -2.35. The molecule has 2 aromatic rings. The number of β-amino-alcohol motifs (C(OH)–C–C–N with tert-alkyl or cyclic N) is 1. The largest absolute Gasteiger partial charge is 0.391 e. The highest BCUT2D eigenvalue weighted by atomic mass is 32.1. The SMILES string of the molecule is CCCCC(=O)N[C@H](C(=O)N1C[C@H](O)C[C@H]1C(=O)NCc1ccc(-c2scnc2C)cc1)C(C)(C)C. The van der Waals surface area contributed by atoms with E-state index in [2.05, 4.69) is 15.6 Å². The number of aromatic nitrogens is 1.